The summed E-state index contributed by atoms with van der Waals surface area (Å²) >= 11 is 0. The lowest BCUT2D eigenvalue weighted by Gasteiger charge is -2.28. The number of aliphatic hydroxyl groups is 1. The summed E-state index contributed by atoms with van der Waals surface area (Å²) in [4.78, 5) is 23.4. The molecule has 0 radical (unpaired) electrons. The van der Waals surface area contributed by atoms with Gasteiger partial charge in [-0.25, -0.2) is 4.79 Å². The van der Waals surface area contributed by atoms with Crippen molar-refractivity contribution in [3.05, 3.63) is 36.5 Å². The summed E-state index contributed by atoms with van der Waals surface area (Å²) in [7, 11) is 0. The van der Waals surface area contributed by atoms with Crippen molar-refractivity contribution >= 4 is 11.9 Å². The molecule has 3 rings (SSSR count). The summed E-state index contributed by atoms with van der Waals surface area (Å²) < 4.78 is 10.9. The van der Waals surface area contributed by atoms with Gasteiger partial charge in [-0.15, -0.1) is 0 Å². The van der Waals surface area contributed by atoms with E-state index in [-0.39, 0.29) is 11.8 Å². The van der Waals surface area contributed by atoms with Crippen LogP contribution in [0.5, 0.6) is 0 Å². The lowest BCUT2D eigenvalue weighted by atomic mass is 9.81. The molecule has 0 bridgehead atoms. The first-order valence-corrected chi connectivity index (χ1v) is 7.42. The lowest BCUT2D eigenvalue weighted by Crippen LogP contribution is -2.35. The average Bonchev–Trinajstić information content (AvgIpc) is 2.83. The van der Waals surface area contributed by atoms with Gasteiger partial charge in [0.15, 0.2) is 0 Å². The molecule has 2 saturated carbocycles. The zero-order valence-electron chi connectivity index (χ0n) is 12.6. The van der Waals surface area contributed by atoms with Gasteiger partial charge in [0.25, 0.3) is 0 Å². The van der Waals surface area contributed by atoms with Crippen molar-refractivity contribution < 1.29 is 24.2 Å². The van der Waals surface area contributed by atoms with E-state index >= 15 is 0 Å². The van der Waals surface area contributed by atoms with Gasteiger partial charge < -0.3 is 14.6 Å². The third-order valence-corrected chi connectivity index (χ3v) is 5.09. The second-order valence-corrected chi connectivity index (χ2v) is 6.39. The number of esters is 2. The van der Waals surface area contributed by atoms with Crippen LogP contribution in [0.3, 0.4) is 0 Å². The van der Waals surface area contributed by atoms with Crippen LogP contribution in [0.1, 0.15) is 19.8 Å². The molecule has 118 valence electrons. The van der Waals surface area contributed by atoms with E-state index in [1.165, 1.54) is 6.92 Å². The van der Waals surface area contributed by atoms with Gasteiger partial charge in [-0.2, -0.15) is 0 Å². The predicted octanol–water partition coefficient (Wildman–Crippen LogP) is 1.53. The highest BCUT2D eigenvalue weighted by molar-refractivity contribution is 5.91. The molecule has 5 nitrogen and oxygen atoms in total. The molecule has 0 aromatic rings. The predicted molar refractivity (Wildman–Crippen MR) is 78.6 cm³/mol. The number of ether oxygens (including phenoxy) is 2. The van der Waals surface area contributed by atoms with Crippen LogP contribution in [0.4, 0.5) is 0 Å². The zero-order chi connectivity index (χ0) is 16.2. The molecule has 1 N–H and O–H groups in total. The van der Waals surface area contributed by atoms with E-state index in [1.807, 2.05) is 0 Å². The van der Waals surface area contributed by atoms with Crippen LogP contribution in [0.15, 0.2) is 36.5 Å². The van der Waals surface area contributed by atoms with Crippen molar-refractivity contribution in [1.82, 2.24) is 0 Å². The van der Waals surface area contributed by atoms with Gasteiger partial charge in [0.1, 0.15) is 12.2 Å². The zero-order valence-corrected chi connectivity index (χ0v) is 12.6. The fourth-order valence-electron chi connectivity index (χ4n) is 4.08. The number of carbonyl (C=O) groups is 2. The second-order valence-electron chi connectivity index (χ2n) is 6.39. The summed E-state index contributed by atoms with van der Waals surface area (Å²) in [6, 6.07) is 0. The lowest BCUT2D eigenvalue weighted by molar-refractivity contribution is -0.150. The molecule has 0 aromatic carbocycles. The van der Waals surface area contributed by atoms with Gasteiger partial charge in [-0.1, -0.05) is 25.3 Å². The van der Waals surface area contributed by atoms with E-state index in [4.69, 9.17) is 9.47 Å². The molecule has 3 aliphatic rings. The van der Waals surface area contributed by atoms with Crippen LogP contribution in [0.2, 0.25) is 0 Å². The highest BCUT2D eigenvalue weighted by Crippen LogP contribution is 2.52. The Kier molecular flexibility index (Phi) is 3.48. The highest BCUT2D eigenvalue weighted by atomic mass is 16.6. The Morgan fingerprint density at radius 1 is 1.32 bits per heavy atom. The summed E-state index contributed by atoms with van der Waals surface area (Å²) in [5, 5.41) is 10.1. The molecule has 0 aromatic heterocycles. The molecule has 1 saturated heterocycles. The Bertz CT molecular complexity index is 590. The fourth-order valence-corrected chi connectivity index (χ4v) is 4.08. The quantitative estimate of drug-likeness (QED) is 0.452. The number of fused-ring (bicyclic) bond motifs is 3. The minimum atomic E-state index is -0.620. The van der Waals surface area contributed by atoms with Crippen LogP contribution >= 0.6 is 0 Å². The van der Waals surface area contributed by atoms with Crippen LogP contribution in [0.25, 0.3) is 0 Å². The van der Waals surface area contributed by atoms with Crippen molar-refractivity contribution in [2.75, 3.05) is 0 Å². The van der Waals surface area contributed by atoms with Gasteiger partial charge in [0, 0.05) is 24.8 Å². The first kappa shape index (κ1) is 15.0. The smallest absolute Gasteiger partial charge is 0.334 e. The Balaban J connectivity index is 2.03. The van der Waals surface area contributed by atoms with Gasteiger partial charge in [0.2, 0.25) is 0 Å². The van der Waals surface area contributed by atoms with Gasteiger partial charge in [-0.3, -0.25) is 4.79 Å². The summed E-state index contributed by atoms with van der Waals surface area (Å²) in [6.07, 6.45) is -0.673. The second kappa shape index (κ2) is 5.09. The largest absolute Gasteiger partial charge is 0.461 e. The maximum absolute atomic E-state index is 12.0. The summed E-state index contributed by atoms with van der Waals surface area (Å²) in [5.41, 5.74) is 1.87. The monoisotopic (exact) mass is 304 g/mol. The third-order valence-electron chi connectivity index (χ3n) is 5.09. The van der Waals surface area contributed by atoms with E-state index < -0.39 is 36.2 Å². The SMILES string of the molecule is C=C1C(=O)O[C@@H]2[C@H]3C(=C)[C@@H](O)C[C@H]3C(=C)C[C@H](OC(C)=O)[C@@H]12. The van der Waals surface area contributed by atoms with E-state index in [2.05, 4.69) is 19.7 Å². The van der Waals surface area contributed by atoms with Crippen LogP contribution < -0.4 is 0 Å². The Labute approximate surface area is 129 Å². The Hall–Kier alpha value is -1.88. The van der Waals surface area contributed by atoms with E-state index in [0.717, 1.165) is 5.57 Å². The minimum Gasteiger partial charge on any atom is -0.461 e. The van der Waals surface area contributed by atoms with E-state index in [0.29, 0.717) is 24.0 Å². The summed E-state index contributed by atoms with van der Waals surface area (Å²) in [6.45, 7) is 13.2. The standard InChI is InChI=1S/C17H20O5/c1-7-5-13(21-10(4)18)15-9(3)17(20)22-16(15)14-8(2)12(19)6-11(7)14/h11-16,19H,1-3,5-6H2,4H3/t11-,12-,13-,14-,15+,16+/m0/s1. The van der Waals surface area contributed by atoms with Gasteiger partial charge >= 0.3 is 11.9 Å². The first-order valence-electron chi connectivity index (χ1n) is 7.42. The molecule has 0 unspecified atom stereocenters. The first-order chi connectivity index (χ1) is 10.3. The molecule has 0 spiro atoms. The molecular formula is C17H20O5. The normalized spacial score (nSPS) is 40.8. The minimum absolute atomic E-state index is 0.0192. The summed E-state index contributed by atoms with van der Waals surface area (Å²) in [5.74, 6) is -1.50. The van der Waals surface area contributed by atoms with Gasteiger partial charge in [-0.05, 0) is 17.9 Å². The molecule has 1 aliphatic heterocycles. The number of aliphatic hydroxyl groups excluding tert-OH is 1. The molecule has 3 fully saturated rings. The molecule has 22 heavy (non-hydrogen) atoms. The van der Waals surface area contributed by atoms with Crippen LogP contribution in [0, 0.1) is 17.8 Å². The fraction of sp³-hybridized carbons (Fsp3) is 0.529. The number of hydrogen-bond donors (Lipinski definition) is 1. The molecule has 0 amide bonds. The molecule has 5 heteroatoms. The van der Waals surface area contributed by atoms with E-state index in [1.54, 1.807) is 0 Å². The third kappa shape index (κ3) is 2.11. The molecular weight excluding hydrogens is 284 g/mol. The number of hydrogen-bond acceptors (Lipinski definition) is 5. The maximum Gasteiger partial charge on any atom is 0.334 e. The number of carbonyl (C=O) groups excluding carboxylic acids is 2. The highest BCUT2D eigenvalue weighted by Gasteiger charge is 2.56. The molecule has 1 heterocycles. The van der Waals surface area contributed by atoms with Crippen molar-refractivity contribution in [3.63, 3.8) is 0 Å². The Morgan fingerprint density at radius 3 is 2.64 bits per heavy atom. The van der Waals surface area contributed by atoms with Crippen molar-refractivity contribution in [3.8, 4) is 0 Å². The van der Waals surface area contributed by atoms with Crippen molar-refractivity contribution in [2.45, 2.75) is 38.1 Å². The topological polar surface area (TPSA) is 72.8 Å². The van der Waals surface area contributed by atoms with Crippen LogP contribution in [-0.4, -0.2) is 35.4 Å². The van der Waals surface area contributed by atoms with Crippen molar-refractivity contribution in [1.29, 1.82) is 0 Å². The van der Waals surface area contributed by atoms with Crippen LogP contribution in [-0.2, 0) is 19.1 Å². The van der Waals surface area contributed by atoms with E-state index in [9.17, 15) is 14.7 Å². The van der Waals surface area contributed by atoms with Gasteiger partial charge in [0.05, 0.1) is 12.0 Å². The Morgan fingerprint density at radius 2 is 2.00 bits per heavy atom. The van der Waals surface area contributed by atoms with Crippen molar-refractivity contribution in [2.24, 2.45) is 17.8 Å². The maximum atomic E-state index is 12.0. The average molecular weight is 304 g/mol. The molecule has 2 aliphatic carbocycles. The number of rotatable bonds is 1. The molecule has 6 atom stereocenters.